The molecule has 0 radical (unpaired) electrons. The van der Waals surface area contributed by atoms with Gasteiger partial charge < -0.3 is 10.6 Å². The maximum atomic E-state index is 12.5. The molecule has 2 amide bonds. The fraction of sp³-hybridized carbons (Fsp3) is 0.316. The second kappa shape index (κ2) is 9.18. The van der Waals surface area contributed by atoms with E-state index in [1.54, 1.807) is 36.7 Å². The maximum Gasteiger partial charge on any atom is 0.251 e. The Morgan fingerprint density at radius 2 is 2.00 bits per heavy atom. The summed E-state index contributed by atoms with van der Waals surface area (Å²) in [5.74, 6) is -0.272. The van der Waals surface area contributed by atoms with E-state index in [1.165, 1.54) is 0 Å². The SMILES string of the molecule is CC(C)C[C@H](NC(=O)c1cccc(Cl)c1)C(=O)NCc1cccnc1. The molecule has 0 bridgehead atoms. The van der Waals surface area contributed by atoms with E-state index in [0.29, 0.717) is 23.6 Å². The van der Waals surface area contributed by atoms with E-state index < -0.39 is 6.04 Å². The average Bonchev–Trinajstić information content (AvgIpc) is 2.59. The third-order valence-electron chi connectivity index (χ3n) is 3.61. The maximum absolute atomic E-state index is 12.5. The second-order valence-corrected chi connectivity index (χ2v) is 6.68. The molecule has 1 aromatic heterocycles. The highest BCUT2D eigenvalue weighted by Crippen LogP contribution is 2.12. The zero-order chi connectivity index (χ0) is 18.2. The highest BCUT2D eigenvalue weighted by Gasteiger charge is 2.22. The van der Waals surface area contributed by atoms with Gasteiger partial charge in [0.25, 0.3) is 5.91 Å². The molecule has 1 atom stereocenters. The first-order valence-corrected chi connectivity index (χ1v) is 8.56. The number of nitrogens with one attached hydrogen (secondary N) is 2. The van der Waals surface area contributed by atoms with E-state index in [4.69, 9.17) is 11.6 Å². The smallest absolute Gasteiger partial charge is 0.251 e. The minimum atomic E-state index is -0.608. The number of hydrogen-bond donors (Lipinski definition) is 2. The first kappa shape index (κ1) is 18.9. The molecule has 1 aromatic carbocycles. The molecule has 0 fully saturated rings. The number of pyridine rings is 1. The van der Waals surface area contributed by atoms with Gasteiger partial charge in [0.2, 0.25) is 5.91 Å². The number of nitrogens with zero attached hydrogens (tertiary/aromatic N) is 1. The zero-order valence-electron chi connectivity index (χ0n) is 14.3. The number of rotatable bonds is 7. The standard InChI is InChI=1S/C19H22ClN3O2/c1-13(2)9-17(19(25)22-12-14-5-4-8-21-11-14)23-18(24)15-6-3-7-16(20)10-15/h3-8,10-11,13,17H,9,12H2,1-2H3,(H,22,25)(H,23,24)/t17-/m0/s1. The van der Waals surface area contributed by atoms with Crippen LogP contribution in [0, 0.1) is 5.92 Å². The third kappa shape index (κ3) is 6.19. The number of carbonyl (C=O) groups is 2. The van der Waals surface area contributed by atoms with Gasteiger partial charge in [0.05, 0.1) is 0 Å². The van der Waals surface area contributed by atoms with E-state index in [-0.39, 0.29) is 17.7 Å². The largest absolute Gasteiger partial charge is 0.350 e. The molecular weight excluding hydrogens is 338 g/mol. The highest BCUT2D eigenvalue weighted by atomic mass is 35.5. The molecule has 132 valence electrons. The van der Waals surface area contributed by atoms with Crippen molar-refractivity contribution in [1.29, 1.82) is 0 Å². The summed E-state index contributed by atoms with van der Waals surface area (Å²) >= 11 is 5.92. The van der Waals surface area contributed by atoms with E-state index >= 15 is 0 Å². The van der Waals surface area contributed by atoms with Gasteiger partial charge in [-0.2, -0.15) is 0 Å². The van der Waals surface area contributed by atoms with Gasteiger partial charge in [-0.3, -0.25) is 14.6 Å². The zero-order valence-corrected chi connectivity index (χ0v) is 15.1. The average molecular weight is 360 g/mol. The first-order chi connectivity index (χ1) is 12.0. The monoisotopic (exact) mass is 359 g/mol. The number of aromatic nitrogens is 1. The molecule has 0 saturated carbocycles. The fourth-order valence-electron chi connectivity index (χ4n) is 2.39. The lowest BCUT2D eigenvalue weighted by Crippen LogP contribution is -2.47. The van der Waals surface area contributed by atoms with Crippen LogP contribution in [-0.4, -0.2) is 22.8 Å². The van der Waals surface area contributed by atoms with Crippen molar-refractivity contribution in [2.24, 2.45) is 5.92 Å². The van der Waals surface area contributed by atoms with Gasteiger partial charge in [-0.05, 0) is 42.2 Å². The van der Waals surface area contributed by atoms with Crippen molar-refractivity contribution < 1.29 is 9.59 Å². The Balaban J connectivity index is 2.01. The molecule has 2 rings (SSSR count). The van der Waals surface area contributed by atoms with Crippen LogP contribution in [0.1, 0.15) is 36.2 Å². The summed E-state index contributed by atoms with van der Waals surface area (Å²) < 4.78 is 0. The van der Waals surface area contributed by atoms with Crippen LogP contribution >= 0.6 is 11.6 Å². The molecular formula is C19H22ClN3O2. The quantitative estimate of drug-likeness (QED) is 0.797. The summed E-state index contributed by atoms with van der Waals surface area (Å²) in [5, 5.41) is 6.14. The summed E-state index contributed by atoms with van der Waals surface area (Å²) in [6.07, 6.45) is 3.92. The predicted octanol–water partition coefficient (Wildman–Crippen LogP) is 3.20. The number of hydrogen-bond acceptors (Lipinski definition) is 3. The summed E-state index contributed by atoms with van der Waals surface area (Å²) in [5.41, 5.74) is 1.33. The Morgan fingerprint density at radius 1 is 1.20 bits per heavy atom. The van der Waals surface area contributed by atoms with Gasteiger partial charge in [-0.15, -0.1) is 0 Å². The molecule has 0 aliphatic rings. The van der Waals surface area contributed by atoms with Crippen molar-refractivity contribution in [2.45, 2.75) is 32.9 Å². The molecule has 0 unspecified atom stereocenters. The Morgan fingerprint density at radius 3 is 2.64 bits per heavy atom. The van der Waals surface area contributed by atoms with Gasteiger partial charge in [-0.25, -0.2) is 0 Å². The molecule has 25 heavy (non-hydrogen) atoms. The van der Waals surface area contributed by atoms with Crippen LogP contribution in [0.2, 0.25) is 5.02 Å². The summed E-state index contributed by atoms with van der Waals surface area (Å²) in [6, 6.07) is 9.74. The summed E-state index contributed by atoms with van der Waals surface area (Å²) in [4.78, 5) is 28.9. The topological polar surface area (TPSA) is 71.1 Å². The van der Waals surface area contributed by atoms with E-state index in [9.17, 15) is 9.59 Å². The lowest BCUT2D eigenvalue weighted by molar-refractivity contribution is -0.123. The number of benzene rings is 1. The Kier molecular flexibility index (Phi) is 6.95. The molecule has 5 nitrogen and oxygen atoms in total. The van der Waals surface area contributed by atoms with Gasteiger partial charge in [-0.1, -0.05) is 37.6 Å². The first-order valence-electron chi connectivity index (χ1n) is 8.18. The van der Waals surface area contributed by atoms with Gasteiger partial charge in [0.1, 0.15) is 6.04 Å². The molecule has 2 aromatic rings. The fourth-order valence-corrected chi connectivity index (χ4v) is 2.58. The molecule has 0 spiro atoms. The van der Waals surface area contributed by atoms with Crippen LogP contribution in [0.25, 0.3) is 0 Å². The van der Waals surface area contributed by atoms with Crippen molar-refractivity contribution in [3.8, 4) is 0 Å². The minimum Gasteiger partial charge on any atom is -0.350 e. The van der Waals surface area contributed by atoms with Crippen molar-refractivity contribution in [2.75, 3.05) is 0 Å². The normalized spacial score (nSPS) is 11.8. The minimum absolute atomic E-state index is 0.215. The number of amides is 2. The van der Waals surface area contributed by atoms with Crippen LogP contribution < -0.4 is 10.6 Å². The summed E-state index contributed by atoms with van der Waals surface area (Å²) in [6.45, 7) is 4.38. The lowest BCUT2D eigenvalue weighted by Gasteiger charge is -2.20. The van der Waals surface area contributed by atoms with Crippen LogP contribution in [0.4, 0.5) is 0 Å². The number of carbonyl (C=O) groups excluding carboxylic acids is 2. The molecule has 0 aliphatic carbocycles. The van der Waals surface area contributed by atoms with Crippen LogP contribution in [0.15, 0.2) is 48.8 Å². The predicted molar refractivity (Wildman–Crippen MR) is 98.2 cm³/mol. The molecule has 2 N–H and O–H groups in total. The molecule has 0 saturated heterocycles. The Bertz CT molecular complexity index is 720. The third-order valence-corrected chi connectivity index (χ3v) is 3.84. The van der Waals surface area contributed by atoms with Crippen molar-refractivity contribution in [1.82, 2.24) is 15.6 Å². The number of halogens is 1. The van der Waals surface area contributed by atoms with Crippen molar-refractivity contribution in [3.05, 3.63) is 64.9 Å². The molecule has 1 heterocycles. The van der Waals surface area contributed by atoms with E-state index in [1.807, 2.05) is 26.0 Å². The van der Waals surface area contributed by atoms with Gasteiger partial charge in [0.15, 0.2) is 0 Å². The van der Waals surface area contributed by atoms with Crippen LogP contribution in [0.5, 0.6) is 0 Å². The highest BCUT2D eigenvalue weighted by molar-refractivity contribution is 6.31. The Labute approximate surface area is 152 Å². The van der Waals surface area contributed by atoms with Gasteiger partial charge >= 0.3 is 0 Å². The van der Waals surface area contributed by atoms with Gasteiger partial charge in [0, 0.05) is 29.5 Å². The van der Waals surface area contributed by atoms with E-state index in [2.05, 4.69) is 15.6 Å². The lowest BCUT2D eigenvalue weighted by atomic mass is 10.0. The van der Waals surface area contributed by atoms with Crippen LogP contribution in [-0.2, 0) is 11.3 Å². The molecule has 6 heteroatoms. The van der Waals surface area contributed by atoms with Crippen molar-refractivity contribution in [3.63, 3.8) is 0 Å². The molecule has 0 aliphatic heterocycles. The Hall–Kier alpha value is -2.40. The van der Waals surface area contributed by atoms with E-state index in [0.717, 1.165) is 5.56 Å². The summed E-state index contributed by atoms with van der Waals surface area (Å²) in [7, 11) is 0. The second-order valence-electron chi connectivity index (χ2n) is 6.25. The van der Waals surface area contributed by atoms with Crippen molar-refractivity contribution >= 4 is 23.4 Å². The van der Waals surface area contributed by atoms with Crippen LogP contribution in [0.3, 0.4) is 0 Å².